The zero-order valence-electron chi connectivity index (χ0n) is 10.6. The van der Waals surface area contributed by atoms with Crippen LogP contribution in [-0.4, -0.2) is 21.7 Å². The molecule has 1 aliphatic rings. The number of aliphatic carboxylic acids is 1. The number of nitrogens with zero attached hydrogens (tertiary/aromatic N) is 1. The summed E-state index contributed by atoms with van der Waals surface area (Å²) >= 11 is 0. The third kappa shape index (κ3) is 3.02. The van der Waals surface area contributed by atoms with Crippen LogP contribution in [0.5, 0.6) is 5.88 Å². The van der Waals surface area contributed by atoms with Gasteiger partial charge in [0.25, 0.3) is 0 Å². The summed E-state index contributed by atoms with van der Waals surface area (Å²) in [6, 6.07) is 1.89. The number of rotatable bonds is 3. The molecule has 20 heavy (non-hydrogen) atoms. The molecular weight excluding hydrogens is 275 g/mol. The number of halogens is 3. The summed E-state index contributed by atoms with van der Waals surface area (Å²) in [6.45, 7) is 0. The number of hydrogen-bond donors (Lipinski definition) is 1. The van der Waals surface area contributed by atoms with E-state index in [1.807, 2.05) is 0 Å². The summed E-state index contributed by atoms with van der Waals surface area (Å²) in [4.78, 5) is 14.9. The van der Waals surface area contributed by atoms with Gasteiger partial charge in [-0.3, -0.25) is 0 Å². The van der Waals surface area contributed by atoms with Gasteiger partial charge in [0, 0.05) is 12.3 Å². The minimum atomic E-state index is -4.47. The molecule has 0 unspecified atom stereocenters. The predicted octanol–water partition coefficient (Wildman–Crippen LogP) is 3.27. The molecule has 0 aromatic carbocycles. The van der Waals surface area contributed by atoms with Gasteiger partial charge in [0.2, 0.25) is 11.5 Å². The lowest BCUT2D eigenvalue weighted by Crippen LogP contribution is -2.46. The largest absolute Gasteiger partial charge is 0.478 e. The Morgan fingerprint density at radius 3 is 2.35 bits per heavy atom. The Labute approximate surface area is 113 Å². The van der Waals surface area contributed by atoms with Crippen molar-refractivity contribution in [2.45, 2.75) is 43.9 Å². The van der Waals surface area contributed by atoms with Crippen molar-refractivity contribution < 1.29 is 27.8 Å². The molecule has 0 amide bonds. The number of carboxylic acids is 1. The van der Waals surface area contributed by atoms with Crippen LogP contribution in [-0.2, 0) is 11.0 Å². The van der Waals surface area contributed by atoms with Gasteiger partial charge in [-0.05, 0) is 31.7 Å². The minimum Gasteiger partial charge on any atom is -0.478 e. The highest BCUT2D eigenvalue weighted by atomic mass is 19.4. The summed E-state index contributed by atoms with van der Waals surface area (Å²) in [5.41, 5.74) is -2.26. The van der Waals surface area contributed by atoms with Gasteiger partial charge in [-0.15, -0.1) is 0 Å². The first-order valence-electron chi connectivity index (χ1n) is 6.29. The molecule has 110 valence electrons. The van der Waals surface area contributed by atoms with E-state index in [2.05, 4.69) is 4.98 Å². The second kappa shape index (κ2) is 5.30. The van der Waals surface area contributed by atoms with Crippen molar-refractivity contribution in [2.24, 2.45) is 0 Å². The van der Waals surface area contributed by atoms with Gasteiger partial charge in [0.05, 0.1) is 5.56 Å². The lowest BCUT2D eigenvalue weighted by atomic mass is 9.84. The molecule has 7 heteroatoms. The van der Waals surface area contributed by atoms with Gasteiger partial charge in [-0.1, -0.05) is 6.42 Å². The highest BCUT2D eigenvalue weighted by Gasteiger charge is 2.42. The molecule has 1 saturated carbocycles. The summed E-state index contributed by atoms with van der Waals surface area (Å²) in [7, 11) is 0. The average molecular weight is 289 g/mol. The molecule has 2 rings (SSSR count). The summed E-state index contributed by atoms with van der Waals surface area (Å²) in [6.07, 6.45) is -0.788. The van der Waals surface area contributed by atoms with Crippen LogP contribution in [0.4, 0.5) is 13.2 Å². The topological polar surface area (TPSA) is 59.4 Å². The second-order valence-corrected chi connectivity index (χ2v) is 4.85. The summed E-state index contributed by atoms with van der Waals surface area (Å²) < 4.78 is 42.6. The van der Waals surface area contributed by atoms with Crippen LogP contribution < -0.4 is 4.74 Å². The van der Waals surface area contributed by atoms with Crippen molar-refractivity contribution >= 4 is 5.97 Å². The lowest BCUT2D eigenvalue weighted by Gasteiger charge is -2.33. The zero-order valence-corrected chi connectivity index (χ0v) is 10.6. The second-order valence-electron chi connectivity index (χ2n) is 4.85. The Morgan fingerprint density at radius 1 is 1.25 bits per heavy atom. The zero-order chi connectivity index (χ0) is 14.8. The smallest absolute Gasteiger partial charge is 0.417 e. The highest BCUT2D eigenvalue weighted by Crippen LogP contribution is 2.34. The Kier molecular flexibility index (Phi) is 3.87. The summed E-state index contributed by atoms with van der Waals surface area (Å²) in [5.74, 6) is -1.19. The standard InChI is InChI=1S/C13H14F3NO3/c14-13(15,16)9-4-5-10(17-8-9)20-12(11(18)19)6-2-1-3-7-12/h4-5,8H,1-3,6-7H2,(H,18,19). The maximum Gasteiger partial charge on any atom is 0.417 e. The minimum absolute atomic E-state index is 0.0951. The number of aromatic nitrogens is 1. The Balaban J connectivity index is 2.17. The van der Waals surface area contributed by atoms with Crippen molar-refractivity contribution in [3.05, 3.63) is 23.9 Å². The van der Waals surface area contributed by atoms with Crippen LogP contribution in [0.2, 0.25) is 0 Å². The van der Waals surface area contributed by atoms with Crippen LogP contribution in [0.3, 0.4) is 0 Å². The molecule has 0 bridgehead atoms. The molecule has 1 aromatic heterocycles. The first kappa shape index (κ1) is 14.6. The van der Waals surface area contributed by atoms with E-state index < -0.39 is 23.3 Å². The number of carbonyl (C=O) groups is 1. The maximum atomic E-state index is 12.4. The van der Waals surface area contributed by atoms with Gasteiger partial charge < -0.3 is 9.84 Å². The Morgan fingerprint density at radius 2 is 1.90 bits per heavy atom. The Bertz CT molecular complexity index is 479. The fraction of sp³-hybridized carbons (Fsp3) is 0.538. The third-order valence-electron chi connectivity index (χ3n) is 3.41. The normalized spacial score (nSPS) is 18.6. The van der Waals surface area contributed by atoms with E-state index in [1.54, 1.807) is 0 Å². The molecule has 4 nitrogen and oxygen atoms in total. The molecule has 0 spiro atoms. The number of ether oxygens (including phenoxy) is 1. The first-order valence-corrected chi connectivity index (χ1v) is 6.29. The summed E-state index contributed by atoms with van der Waals surface area (Å²) in [5, 5.41) is 9.30. The maximum absolute atomic E-state index is 12.4. The van der Waals surface area contributed by atoms with Gasteiger partial charge in [-0.2, -0.15) is 13.2 Å². The van der Waals surface area contributed by atoms with E-state index in [4.69, 9.17) is 4.74 Å². The number of pyridine rings is 1. The molecule has 1 heterocycles. The Hall–Kier alpha value is -1.79. The fourth-order valence-corrected chi connectivity index (χ4v) is 2.29. The van der Waals surface area contributed by atoms with Crippen molar-refractivity contribution in [3.8, 4) is 5.88 Å². The van der Waals surface area contributed by atoms with Gasteiger partial charge in [-0.25, -0.2) is 9.78 Å². The van der Waals surface area contributed by atoms with Crippen LogP contribution in [0.25, 0.3) is 0 Å². The van der Waals surface area contributed by atoms with Crippen molar-refractivity contribution in [2.75, 3.05) is 0 Å². The van der Waals surface area contributed by atoms with Gasteiger partial charge in [0.1, 0.15) is 0 Å². The van der Waals surface area contributed by atoms with E-state index in [-0.39, 0.29) is 5.88 Å². The molecule has 1 fully saturated rings. The van der Waals surface area contributed by atoms with Crippen LogP contribution >= 0.6 is 0 Å². The molecule has 1 N–H and O–H groups in total. The third-order valence-corrected chi connectivity index (χ3v) is 3.41. The van der Waals surface area contributed by atoms with Crippen molar-refractivity contribution in [1.82, 2.24) is 4.98 Å². The number of carboxylic acid groups (broad SMARTS) is 1. The molecule has 1 aromatic rings. The molecule has 1 aliphatic carbocycles. The van der Waals surface area contributed by atoms with Crippen LogP contribution in [0.15, 0.2) is 18.3 Å². The van der Waals surface area contributed by atoms with Gasteiger partial charge in [0.15, 0.2) is 0 Å². The van der Waals surface area contributed by atoms with E-state index in [0.717, 1.165) is 18.6 Å². The van der Waals surface area contributed by atoms with E-state index in [0.29, 0.717) is 31.9 Å². The molecule has 0 saturated heterocycles. The van der Waals surface area contributed by atoms with Crippen LogP contribution in [0.1, 0.15) is 37.7 Å². The van der Waals surface area contributed by atoms with E-state index in [9.17, 15) is 23.1 Å². The number of alkyl halides is 3. The van der Waals surface area contributed by atoms with Crippen LogP contribution in [0, 0.1) is 0 Å². The quantitative estimate of drug-likeness (QED) is 0.927. The monoisotopic (exact) mass is 289 g/mol. The van der Waals surface area contributed by atoms with E-state index >= 15 is 0 Å². The predicted molar refractivity (Wildman–Crippen MR) is 63.3 cm³/mol. The average Bonchev–Trinajstić information content (AvgIpc) is 2.39. The van der Waals surface area contributed by atoms with Crippen molar-refractivity contribution in [1.29, 1.82) is 0 Å². The van der Waals surface area contributed by atoms with Gasteiger partial charge >= 0.3 is 12.1 Å². The number of hydrogen-bond acceptors (Lipinski definition) is 3. The van der Waals surface area contributed by atoms with Crippen molar-refractivity contribution in [3.63, 3.8) is 0 Å². The lowest BCUT2D eigenvalue weighted by molar-refractivity contribution is -0.158. The van der Waals surface area contributed by atoms with E-state index in [1.165, 1.54) is 0 Å². The molecular formula is C13H14F3NO3. The highest BCUT2D eigenvalue weighted by molar-refractivity contribution is 5.78. The SMILES string of the molecule is O=C(O)C1(Oc2ccc(C(F)(F)F)cn2)CCCCC1. The molecule has 0 atom stereocenters. The fourth-order valence-electron chi connectivity index (χ4n) is 2.29. The molecule has 0 aliphatic heterocycles. The first-order chi connectivity index (χ1) is 9.33. The molecule has 0 radical (unpaired) electrons.